The average Bonchev–Trinajstić information content (AvgIpc) is 3.10. The van der Waals surface area contributed by atoms with E-state index < -0.39 is 4.92 Å². The number of nitro groups is 1. The topological polar surface area (TPSA) is 112 Å². The van der Waals surface area contributed by atoms with Gasteiger partial charge in [0.2, 0.25) is 0 Å². The monoisotopic (exact) mass is 409 g/mol. The van der Waals surface area contributed by atoms with Crippen molar-refractivity contribution in [1.29, 1.82) is 0 Å². The molecule has 0 amide bonds. The van der Waals surface area contributed by atoms with Crippen molar-refractivity contribution in [2.75, 3.05) is 0 Å². The van der Waals surface area contributed by atoms with Crippen LogP contribution in [0.2, 0.25) is 0 Å². The van der Waals surface area contributed by atoms with Gasteiger partial charge in [0, 0.05) is 28.3 Å². The standard InChI is InChI=1S/C23H27N3O4/c1-22(2,3)15-9-14(10-16(21(15)28)23(4,5)6)18-12-17(24-25-18)13-7-8-20(27)19(11-13)26(29)30/h7-12,27-28H,1-6H3,(H,24,25). The number of nitro benzene ring substituents is 1. The number of aromatic hydroxyl groups is 2. The lowest BCUT2D eigenvalue weighted by Crippen LogP contribution is -2.17. The molecule has 1 heterocycles. The van der Waals surface area contributed by atoms with Crippen molar-refractivity contribution in [2.24, 2.45) is 0 Å². The second kappa shape index (κ2) is 7.16. The molecule has 30 heavy (non-hydrogen) atoms. The summed E-state index contributed by atoms with van der Waals surface area (Å²) < 4.78 is 0. The molecule has 0 aliphatic heterocycles. The Morgan fingerprint density at radius 2 is 1.47 bits per heavy atom. The minimum absolute atomic E-state index is 0.267. The quantitative estimate of drug-likeness (QED) is 0.382. The van der Waals surface area contributed by atoms with E-state index in [9.17, 15) is 20.3 Å². The van der Waals surface area contributed by atoms with Crippen LogP contribution in [0.4, 0.5) is 5.69 Å². The molecule has 0 unspecified atom stereocenters. The Kier molecular flexibility index (Phi) is 5.10. The molecule has 1 aromatic heterocycles. The Balaban J connectivity index is 2.14. The van der Waals surface area contributed by atoms with Crippen molar-refractivity contribution in [3.05, 3.63) is 57.6 Å². The molecular formula is C23H27N3O4. The molecule has 3 N–H and O–H groups in total. The number of phenolic OH excluding ortho intramolecular Hbond substituents is 2. The van der Waals surface area contributed by atoms with Crippen molar-refractivity contribution in [3.63, 3.8) is 0 Å². The van der Waals surface area contributed by atoms with Crippen LogP contribution in [-0.2, 0) is 10.8 Å². The van der Waals surface area contributed by atoms with Gasteiger partial charge in [0.1, 0.15) is 5.75 Å². The fraction of sp³-hybridized carbons (Fsp3) is 0.348. The summed E-state index contributed by atoms with van der Waals surface area (Å²) >= 11 is 0. The molecule has 3 rings (SSSR count). The van der Waals surface area contributed by atoms with Gasteiger partial charge in [-0.05, 0) is 41.2 Å². The van der Waals surface area contributed by atoms with Crippen molar-refractivity contribution >= 4 is 5.69 Å². The number of nitrogens with zero attached hydrogens (tertiary/aromatic N) is 2. The second-order valence-electron chi connectivity index (χ2n) is 9.55. The molecule has 2 aromatic carbocycles. The maximum absolute atomic E-state index is 11.1. The highest BCUT2D eigenvalue weighted by atomic mass is 16.6. The molecule has 0 aliphatic rings. The zero-order valence-electron chi connectivity index (χ0n) is 18.1. The molecule has 0 radical (unpaired) electrons. The number of H-pyrrole nitrogens is 1. The zero-order chi connectivity index (χ0) is 22.4. The van der Waals surface area contributed by atoms with Gasteiger partial charge >= 0.3 is 5.69 Å². The van der Waals surface area contributed by atoms with Gasteiger partial charge in [-0.25, -0.2) is 0 Å². The fourth-order valence-corrected chi connectivity index (χ4v) is 3.38. The Morgan fingerprint density at radius 3 is 1.97 bits per heavy atom. The van der Waals surface area contributed by atoms with E-state index in [0.717, 1.165) is 16.7 Å². The van der Waals surface area contributed by atoms with Crippen molar-refractivity contribution in [1.82, 2.24) is 10.2 Å². The second-order valence-corrected chi connectivity index (χ2v) is 9.55. The van der Waals surface area contributed by atoms with Gasteiger partial charge < -0.3 is 10.2 Å². The maximum Gasteiger partial charge on any atom is 0.311 e. The molecule has 158 valence electrons. The highest BCUT2D eigenvalue weighted by molar-refractivity contribution is 5.73. The summed E-state index contributed by atoms with van der Waals surface area (Å²) in [6, 6.07) is 9.88. The van der Waals surface area contributed by atoms with E-state index in [2.05, 4.69) is 10.2 Å². The summed E-state index contributed by atoms with van der Waals surface area (Å²) in [7, 11) is 0. The fourth-order valence-electron chi connectivity index (χ4n) is 3.38. The van der Waals surface area contributed by atoms with E-state index in [-0.39, 0.29) is 22.3 Å². The minimum atomic E-state index is -0.624. The van der Waals surface area contributed by atoms with Crippen LogP contribution >= 0.6 is 0 Å². The lowest BCUT2D eigenvalue weighted by Gasteiger charge is -2.28. The third kappa shape index (κ3) is 4.01. The van der Waals surface area contributed by atoms with Gasteiger partial charge in [0.25, 0.3) is 0 Å². The maximum atomic E-state index is 11.1. The number of aromatic nitrogens is 2. The molecule has 0 fully saturated rings. The van der Waals surface area contributed by atoms with Crippen LogP contribution in [0, 0.1) is 10.1 Å². The first-order valence-electron chi connectivity index (χ1n) is 9.70. The van der Waals surface area contributed by atoms with E-state index in [1.165, 1.54) is 12.1 Å². The van der Waals surface area contributed by atoms with Crippen LogP contribution in [0.15, 0.2) is 36.4 Å². The van der Waals surface area contributed by atoms with Gasteiger partial charge in [0.05, 0.1) is 16.3 Å². The predicted octanol–water partition coefficient (Wildman–Crippen LogP) is 5.66. The van der Waals surface area contributed by atoms with Gasteiger partial charge in [-0.1, -0.05) is 41.5 Å². The number of nitrogens with one attached hydrogen (secondary N) is 1. The van der Waals surface area contributed by atoms with E-state index in [4.69, 9.17) is 0 Å². The Bertz CT molecular complexity index is 1080. The van der Waals surface area contributed by atoms with Crippen LogP contribution in [0.1, 0.15) is 52.7 Å². The van der Waals surface area contributed by atoms with Crippen LogP contribution < -0.4 is 0 Å². The first-order chi connectivity index (χ1) is 13.8. The first kappa shape index (κ1) is 21.4. The van der Waals surface area contributed by atoms with Crippen LogP contribution in [0.3, 0.4) is 0 Å². The van der Waals surface area contributed by atoms with Crippen LogP contribution in [-0.4, -0.2) is 25.3 Å². The number of hydrogen-bond acceptors (Lipinski definition) is 5. The zero-order valence-corrected chi connectivity index (χ0v) is 18.1. The minimum Gasteiger partial charge on any atom is -0.507 e. The number of rotatable bonds is 3. The molecule has 7 heteroatoms. The third-order valence-corrected chi connectivity index (χ3v) is 5.08. The van der Waals surface area contributed by atoms with Crippen LogP contribution in [0.5, 0.6) is 11.5 Å². The van der Waals surface area contributed by atoms with Crippen molar-refractivity contribution in [3.8, 4) is 34.0 Å². The summed E-state index contributed by atoms with van der Waals surface area (Å²) in [6.45, 7) is 12.3. The highest BCUT2D eigenvalue weighted by Crippen LogP contribution is 2.42. The van der Waals surface area contributed by atoms with E-state index in [0.29, 0.717) is 22.7 Å². The van der Waals surface area contributed by atoms with E-state index >= 15 is 0 Å². The first-order valence-corrected chi connectivity index (χ1v) is 9.70. The molecule has 0 saturated carbocycles. The Morgan fingerprint density at radius 1 is 0.900 bits per heavy atom. The van der Waals surface area contributed by atoms with Crippen molar-refractivity contribution < 1.29 is 15.1 Å². The average molecular weight is 409 g/mol. The molecule has 0 atom stereocenters. The number of benzene rings is 2. The Labute approximate surface area is 175 Å². The lowest BCUT2D eigenvalue weighted by molar-refractivity contribution is -0.385. The van der Waals surface area contributed by atoms with Gasteiger partial charge in [-0.15, -0.1) is 0 Å². The number of hydrogen-bond donors (Lipinski definition) is 3. The molecule has 0 spiro atoms. The molecule has 0 bridgehead atoms. The lowest BCUT2D eigenvalue weighted by atomic mass is 9.78. The van der Waals surface area contributed by atoms with E-state index in [1.54, 1.807) is 12.1 Å². The molecular weight excluding hydrogens is 382 g/mol. The smallest absolute Gasteiger partial charge is 0.311 e. The summed E-state index contributed by atoms with van der Waals surface area (Å²) in [5.74, 6) is -0.0877. The van der Waals surface area contributed by atoms with Gasteiger partial charge in [-0.3, -0.25) is 15.2 Å². The molecule has 7 nitrogen and oxygen atoms in total. The van der Waals surface area contributed by atoms with Gasteiger partial charge in [0.15, 0.2) is 5.75 Å². The summed E-state index contributed by atoms with van der Waals surface area (Å²) in [5, 5.41) is 39.0. The summed E-state index contributed by atoms with van der Waals surface area (Å²) in [5.41, 5.74) is 3.41. The number of aromatic amines is 1. The van der Waals surface area contributed by atoms with Crippen molar-refractivity contribution in [2.45, 2.75) is 52.4 Å². The van der Waals surface area contributed by atoms with Gasteiger partial charge in [-0.2, -0.15) is 5.10 Å². The third-order valence-electron chi connectivity index (χ3n) is 5.08. The summed E-state index contributed by atoms with van der Waals surface area (Å²) in [6.07, 6.45) is 0. The predicted molar refractivity (Wildman–Crippen MR) is 117 cm³/mol. The normalized spacial score (nSPS) is 12.2. The van der Waals surface area contributed by atoms with Crippen LogP contribution in [0.25, 0.3) is 22.5 Å². The molecule has 0 aliphatic carbocycles. The van der Waals surface area contributed by atoms with E-state index in [1.807, 2.05) is 53.7 Å². The highest BCUT2D eigenvalue weighted by Gasteiger charge is 2.27. The Hall–Kier alpha value is -3.35. The SMILES string of the molecule is CC(C)(C)c1cc(-c2cc(-c3ccc(O)c([N+](=O)[O-])c3)[nH]n2)cc(C(C)(C)C)c1O. The summed E-state index contributed by atoms with van der Waals surface area (Å²) in [4.78, 5) is 10.5. The molecule has 3 aromatic rings. The number of phenols is 2. The molecule has 0 saturated heterocycles. The largest absolute Gasteiger partial charge is 0.507 e.